The summed E-state index contributed by atoms with van der Waals surface area (Å²) in [6.07, 6.45) is -0.294. The minimum absolute atomic E-state index is 0. The van der Waals surface area contributed by atoms with E-state index in [0.717, 1.165) is 15.4 Å². The van der Waals surface area contributed by atoms with Crippen LogP contribution in [0.4, 0.5) is 21.0 Å². The highest BCUT2D eigenvalue weighted by atomic mass is 16.6. The van der Waals surface area contributed by atoms with Gasteiger partial charge in [-0.2, -0.15) is 9.80 Å². The van der Waals surface area contributed by atoms with E-state index in [-0.39, 0.29) is 48.2 Å². The van der Waals surface area contributed by atoms with Crippen LogP contribution in [0.25, 0.3) is 0 Å². The van der Waals surface area contributed by atoms with Gasteiger partial charge in [0.15, 0.2) is 0 Å². The van der Waals surface area contributed by atoms with Gasteiger partial charge in [-0.3, -0.25) is 48.2 Å². The standard InChI is InChI=1S/C27H27N3O6.C20H21N3O6.CH4/c1-26(2,3)36-25(35)30-22(32)19(14-27(12-13-27)24(30)34)29-21(31)17-10-7-11-18(20(17)23(29)33)28-15-16-8-5-4-6-9-16;1-19(2,3)29-18(28)23-15(25)12(9-20(7-8-20)17(23)27)22-14(24)10-5-4-6-11(21)13(10)16(22)26;/h4-11,19,28H,12-15H2,1-3H3;4-6,12H,7-9,21H2,1-3H3;1H4. The predicted octanol–water partition coefficient (Wildman–Crippen LogP) is 6.08. The number of imide groups is 8. The van der Waals surface area contributed by atoms with Gasteiger partial charge in [0, 0.05) is 17.9 Å². The van der Waals surface area contributed by atoms with Crippen molar-refractivity contribution >= 4 is 70.8 Å². The van der Waals surface area contributed by atoms with E-state index in [9.17, 15) is 47.9 Å². The van der Waals surface area contributed by atoms with Gasteiger partial charge in [0.2, 0.25) is 11.8 Å². The number of nitrogens with one attached hydrogen (secondary N) is 1. The number of hydrogen-bond donors (Lipinski definition) is 2. The molecule has 3 N–H and O–H groups in total. The molecule has 4 heterocycles. The maximum absolute atomic E-state index is 13.6. The van der Waals surface area contributed by atoms with E-state index in [0.29, 0.717) is 47.7 Å². The molecule has 10 amide bonds. The second-order valence-electron chi connectivity index (χ2n) is 19.2. The van der Waals surface area contributed by atoms with Gasteiger partial charge in [-0.1, -0.05) is 49.9 Å². The molecule has 9 rings (SSSR count). The molecule has 2 spiro atoms. The molecule has 0 bridgehead atoms. The van der Waals surface area contributed by atoms with Crippen molar-refractivity contribution in [3.05, 3.63) is 94.5 Å². The molecule has 0 aromatic heterocycles. The summed E-state index contributed by atoms with van der Waals surface area (Å²) in [5.41, 5.74) is 4.22. The van der Waals surface area contributed by atoms with Crippen LogP contribution in [-0.4, -0.2) is 102 Å². The van der Waals surface area contributed by atoms with E-state index in [2.05, 4.69) is 5.32 Å². The maximum atomic E-state index is 13.6. The van der Waals surface area contributed by atoms with Crippen molar-refractivity contribution in [2.45, 2.75) is 117 Å². The van der Waals surface area contributed by atoms with Crippen LogP contribution in [0.15, 0.2) is 66.7 Å². The Labute approximate surface area is 380 Å². The number of anilines is 2. The van der Waals surface area contributed by atoms with E-state index in [1.807, 2.05) is 30.3 Å². The molecule has 2 aliphatic carbocycles. The Morgan fingerprint density at radius 1 is 0.606 bits per heavy atom. The van der Waals surface area contributed by atoms with Crippen molar-refractivity contribution in [1.29, 1.82) is 0 Å². The van der Waals surface area contributed by atoms with Crippen LogP contribution in [-0.2, 0) is 35.2 Å². The van der Waals surface area contributed by atoms with E-state index < -0.39 is 93.6 Å². The number of likely N-dealkylation sites (tertiary alicyclic amines) is 2. The first-order valence-corrected chi connectivity index (χ1v) is 21.3. The molecular weight excluding hydrogens is 853 g/mol. The lowest BCUT2D eigenvalue weighted by Gasteiger charge is -2.38. The Kier molecular flexibility index (Phi) is 11.6. The number of nitrogen functional groups attached to an aromatic ring is 1. The molecule has 3 aromatic carbocycles. The van der Waals surface area contributed by atoms with Gasteiger partial charge in [-0.15, -0.1) is 0 Å². The zero-order valence-corrected chi connectivity index (χ0v) is 36.7. The fourth-order valence-electron chi connectivity index (χ4n) is 8.70. The summed E-state index contributed by atoms with van der Waals surface area (Å²) in [7, 11) is 0. The average Bonchev–Trinajstić information content (AvgIpc) is 4.15. The molecule has 66 heavy (non-hydrogen) atoms. The number of nitrogens with two attached hydrogens (primary N) is 1. The van der Waals surface area contributed by atoms with Crippen molar-refractivity contribution in [3.63, 3.8) is 0 Å². The number of carbonyl (C=O) groups is 10. The summed E-state index contributed by atoms with van der Waals surface area (Å²) in [5.74, 6) is -5.72. The fourth-order valence-corrected chi connectivity index (χ4v) is 8.70. The van der Waals surface area contributed by atoms with Gasteiger partial charge in [0.25, 0.3) is 35.4 Å². The Hall–Kier alpha value is -7.24. The molecule has 2 saturated heterocycles. The number of amides is 10. The summed E-state index contributed by atoms with van der Waals surface area (Å²) in [6.45, 7) is 10.2. The average molecular weight is 905 g/mol. The van der Waals surface area contributed by atoms with Gasteiger partial charge in [0.05, 0.1) is 33.1 Å². The Balaban J connectivity index is 0.000000198. The van der Waals surface area contributed by atoms with Gasteiger partial charge in [-0.25, -0.2) is 9.59 Å². The zero-order valence-electron chi connectivity index (χ0n) is 36.7. The Bertz CT molecular complexity index is 2640. The highest BCUT2D eigenvalue weighted by Gasteiger charge is 2.65. The predicted molar refractivity (Wildman–Crippen MR) is 235 cm³/mol. The number of piperidine rings is 2. The molecule has 0 radical (unpaired) electrons. The number of nitrogens with zero attached hydrogens (tertiary/aromatic N) is 4. The molecule has 3 aromatic rings. The van der Waals surface area contributed by atoms with Crippen molar-refractivity contribution in [1.82, 2.24) is 19.6 Å². The van der Waals surface area contributed by atoms with Crippen LogP contribution >= 0.6 is 0 Å². The first-order chi connectivity index (χ1) is 30.5. The van der Waals surface area contributed by atoms with Crippen LogP contribution in [0.5, 0.6) is 0 Å². The Morgan fingerprint density at radius 3 is 1.45 bits per heavy atom. The normalized spacial score (nSPS) is 21.3. The first kappa shape index (κ1) is 46.7. The second kappa shape index (κ2) is 16.3. The summed E-state index contributed by atoms with van der Waals surface area (Å²) in [5, 5.41) is 3.21. The number of fused-ring (bicyclic) bond motifs is 2. The third-order valence-electron chi connectivity index (χ3n) is 12.2. The van der Waals surface area contributed by atoms with Crippen LogP contribution < -0.4 is 11.1 Å². The molecule has 2 unspecified atom stereocenters. The number of benzene rings is 3. The highest BCUT2D eigenvalue weighted by molar-refractivity contribution is 6.28. The van der Waals surface area contributed by atoms with Crippen molar-refractivity contribution in [2.24, 2.45) is 10.8 Å². The lowest BCUT2D eigenvalue weighted by atomic mass is 9.89. The minimum atomic E-state index is -1.27. The number of ether oxygens (including phenoxy) is 2. The van der Waals surface area contributed by atoms with Crippen molar-refractivity contribution in [2.75, 3.05) is 11.1 Å². The third kappa shape index (κ3) is 8.08. The van der Waals surface area contributed by atoms with Gasteiger partial charge in [-0.05, 0) is 110 Å². The largest absolute Gasteiger partial charge is 0.443 e. The lowest BCUT2D eigenvalue weighted by molar-refractivity contribution is -0.156. The molecule has 2 atom stereocenters. The zero-order chi connectivity index (χ0) is 47.1. The number of rotatable bonds is 5. The molecule has 6 aliphatic rings. The summed E-state index contributed by atoms with van der Waals surface area (Å²) < 4.78 is 10.5. The molecule has 2 saturated carbocycles. The molecular formula is C48H52N6O12. The second-order valence-corrected chi connectivity index (χ2v) is 19.2. The number of carbonyl (C=O) groups excluding carboxylic acids is 10. The fraction of sp³-hybridized carbons (Fsp3) is 0.417. The molecule has 4 aliphatic heterocycles. The van der Waals surface area contributed by atoms with Crippen LogP contribution in [0.1, 0.15) is 134 Å². The van der Waals surface area contributed by atoms with E-state index in [1.165, 1.54) is 12.1 Å². The molecule has 4 fully saturated rings. The Morgan fingerprint density at radius 2 is 1.03 bits per heavy atom. The third-order valence-corrected chi connectivity index (χ3v) is 12.2. The van der Waals surface area contributed by atoms with Gasteiger partial charge < -0.3 is 20.5 Å². The van der Waals surface area contributed by atoms with Crippen LogP contribution in [0, 0.1) is 10.8 Å². The monoisotopic (exact) mass is 904 g/mol. The maximum Gasteiger partial charge on any atom is 0.424 e. The van der Waals surface area contributed by atoms with Crippen molar-refractivity contribution < 1.29 is 57.4 Å². The van der Waals surface area contributed by atoms with Gasteiger partial charge >= 0.3 is 12.2 Å². The summed E-state index contributed by atoms with van der Waals surface area (Å²) >= 11 is 0. The number of hydrogen-bond acceptors (Lipinski definition) is 14. The topological polar surface area (TPSA) is 240 Å². The SMILES string of the molecule is C.CC(C)(C)OC(=O)N1C(=O)C(N2C(=O)c3cccc(N)c3C2=O)CC2(CC2)C1=O.CC(C)(C)OC(=O)N1C(=O)C(N2C(=O)c3cccc(NCc4ccccc4)c3C2=O)CC2(CC2)C1=O. The van der Waals surface area contributed by atoms with E-state index in [4.69, 9.17) is 15.2 Å². The van der Waals surface area contributed by atoms with E-state index in [1.54, 1.807) is 65.8 Å². The van der Waals surface area contributed by atoms with Crippen LogP contribution in [0.3, 0.4) is 0 Å². The molecule has 18 nitrogen and oxygen atoms in total. The van der Waals surface area contributed by atoms with E-state index >= 15 is 0 Å². The molecule has 346 valence electrons. The lowest BCUT2D eigenvalue weighted by Crippen LogP contribution is -2.61. The highest BCUT2D eigenvalue weighted by Crippen LogP contribution is 2.56. The van der Waals surface area contributed by atoms with Crippen molar-refractivity contribution in [3.8, 4) is 0 Å². The summed E-state index contributed by atoms with van der Waals surface area (Å²) in [4.78, 5) is 133. The first-order valence-electron chi connectivity index (χ1n) is 21.3. The van der Waals surface area contributed by atoms with Crippen LogP contribution in [0.2, 0.25) is 0 Å². The molecule has 18 heteroatoms. The quantitative estimate of drug-likeness (QED) is 0.218. The smallest absolute Gasteiger partial charge is 0.424 e. The minimum Gasteiger partial charge on any atom is -0.443 e. The van der Waals surface area contributed by atoms with Gasteiger partial charge in [0.1, 0.15) is 23.3 Å². The summed E-state index contributed by atoms with van der Waals surface area (Å²) in [6, 6.07) is 16.5.